The van der Waals surface area contributed by atoms with Gasteiger partial charge in [0.1, 0.15) is 0 Å². The summed E-state index contributed by atoms with van der Waals surface area (Å²) in [6.07, 6.45) is 9.82. The Morgan fingerprint density at radius 2 is 2.15 bits per heavy atom. The number of hydrogen-bond acceptors (Lipinski definition) is 2. The SMILES string of the molecule is CC(C)CC1=NC2C=CC=CC2S1. The number of rotatable bonds is 2. The van der Waals surface area contributed by atoms with E-state index in [1.165, 1.54) is 5.04 Å². The summed E-state index contributed by atoms with van der Waals surface area (Å²) >= 11 is 1.93. The molecule has 2 heteroatoms. The first-order valence-corrected chi connectivity index (χ1v) is 5.72. The van der Waals surface area contributed by atoms with Gasteiger partial charge in [-0.2, -0.15) is 0 Å². The van der Waals surface area contributed by atoms with Crippen LogP contribution in [0.1, 0.15) is 20.3 Å². The fraction of sp³-hybridized carbons (Fsp3) is 0.545. The van der Waals surface area contributed by atoms with Crippen LogP contribution in [0.5, 0.6) is 0 Å². The molecule has 0 aromatic rings. The number of nitrogens with zero attached hydrogens (tertiary/aromatic N) is 1. The third-order valence-corrected chi connectivity index (χ3v) is 3.46. The first-order chi connectivity index (χ1) is 6.25. The number of allylic oxidation sites excluding steroid dienone is 2. The van der Waals surface area contributed by atoms with Gasteiger partial charge in [-0.1, -0.05) is 38.2 Å². The smallest absolute Gasteiger partial charge is 0.0850 e. The minimum atomic E-state index is 0.420. The van der Waals surface area contributed by atoms with Gasteiger partial charge in [0.2, 0.25) is 0 Å². The van der Waals surface area contributed by atoms with Crippen LogP contribution < -0.4 is 0 Å². The van der Waals surface area contributed by atoms with Crippen molar-refractivity contribution in [3.63, 3.8) is 0 Å². The van der Waals surface area contributed by atoms with Crippen molar-refractivity contribution < 1.29 is 0 Å². The molecule has 0 radical (unpaired) electrons. The van der Waals surface area contributed by atoms with E-state index in [2.05, 4.69) is 38.2 Å². The van der Waals surface area contributed by atoms with Gasteiger partial charge in [0.15, 0.2) is 0 Å². The highest BCUT2D eigenvalue weighted by Gasteiger charge is 2.27. The normalized spacial score (nSPS) is 30.8. The second kappa shape index (κ2) is 3.70. The van der Waals surface area contributed by atoms with Crippen molar-refractivity contribution in [1.29, 1.82) is 0 Å². The Morgan fingerprint density at radius 3 is 2.85 bits per heavy atom. The second-order valence-corrected chi connectivity index (χ2v) is 5.21. The minimum absolute atomic E-state index is 0.420. The van der Waals surface area contributed by atoms with E-state index >= 15 is 0 Å². The first kappa shape index (κ1) is 9.07. The molecule has 0 saturated carbocycles. The predicted molar refractivity (Wildman–Crippen MR) is 60.3 cm³/mol. The Bertz CT molecular complexity index is 276. The van der Waals surface area contributed by atoms with E-state index in [1.807, 2.05) is 11.8 Å². The van der Waals surface area contributed by atoms with Crippen LogP contribution in [0.3, 0.4) is 0 Å². The molecular formula is C11H15NS. The van der Waals surface area contributed by atoms with Crippen molar-refractivity contribution >= 4 is 16.8 Å². The van der Waals surface area contributed by atoms with Gasteiger partial charge in [-0.05, 0) is 12.3 Å². The third-order valence-electron chi connectivity index (χ3n) is 2.20. The quantitative estimate of drug-likeness (QED) is 0.656. The summed E-state index contributed by atoms with van der Waals surface area (Å²) in [6, 6.07) is 0.420. The lowest BCUT2D eigenvalue weighted by atomic mass is 10.1. The summed E-state index contributed by atoms with van der Waals surface area (Å²) in [4.78, 5) is 4.69. The lowest BCUT2D eigenvalue weighted by molar-refractivity contribution is 0.686. The van der Waals surface area contributed by atoms with Gasteiger partial charge in [0.25, 0.3) is 0 Å². The molecule has 0 bridgehead atoms. The number of fused-ring (bicyclic) bond motifs is 1. The van der Waals surface area contributed by atoms with Gasteiger partial charge < -0.3 is 0 Å². The molecule has 13 heavy (non-hydrogen) atoms. The molecule has 1 aliphatic carbocycles. The summed E-state index contributed by atoms with van der Waals surface area (Å²) < 4.78 is 0. The highest BCUT2D eigenvalue weighted by Crippen LogP contribution is 2.33. The van der Waals surface area contributed by atoms with Crippen molar-refractivity contribution in [3.8, 4) is 0 Å². The topological polar surface area (TPSA) is 12.4 Å². The molecule has 0 aromatic carbocycles. The second-order valence-electron chi connectivity index (χ2n) is 3.96. The van der Waals surface area contributed by atoms with Crippen LogP contribution in [-0.4, -0.2) is 16.3 Å². The number of aliphatic imine (C=N–C) groups is 1. The molecule has 0 N–H and O–H groups in total. The Labute approximate surface area is 84.0 Å². The van der Waals surface area contributed by atoms with Crippen LogP contribution in [0, 0.1) is 5.92 Å². The molecule has 0 fully saturated rings. The summed E-state index contributed by atoms with van der Waals surface area (Å²) in [6.45, 7) is 4.49. The third kappa shape index (κ3) is 2.05. The molecule has 2 unspecified atom stereocenters. The van der Waals surface area contributed by atoms with E-state index in [4.69, 9.17) is 4.99 Å². The van der Waals surface area contributed by atoms with E-state index in [0.29, 0.717) is 11.3 Å². The van der Waals surface area contributed by atoms with Gasteiger partial charge in [0, 0.05) is 0 Å². The largest absolute Gasteiger partial charge is 0.274 e. The predicted octanol–water partition coefficient (Wildman–Crippen LogP) is 3.04. The lowest BCUT2D eigenvalue weighted by Gasteiger charge is -2.11. The molecular weight excluding hydrogens is 178 g/mol. The minimum Gasteiger partial charge on any atom is -0.274 e. The molecule has 0 spiro atoms. The zero-order valence-electron chi connectivity index (χ0n) is 8.10. The van der Waals surface area contributed by atoms with Gasteiger partial charge >= 0.3 is 0 Å². The fourth-order valence-corrected chi connectivity index (χ4v) is 2.99. The molecule has 2 atom stereocenters. The average Bonchev–Trinajstić information content (AvgIpc) is 2.44. The zero-order valence-corrected chi connectivity index (χ0v) is 8.92. The molecule has 1 nitrogen and oxygen atoms in total. The summed E-state index contributed by atoms with van der Waals surface area (Å²) in [5.41, 5.74) is 0. The van der Waals surface area contributed by atoms with Gasteiger partial charge in [-0.15, -0.1) is 11.8 Å². The summed E-state index contributed by atoms with van der Waals surface area (Å²) in [7, 11) is 0. The van der Waals surface area contributed by atoms with Gasteiger partial charge in [-0.25, -0.2) is 0 Å². The molecule has 0 aromatic heterocycles. The number of thioether (sulfide) groups is 1. The molecule has 1 aliphatic heterocycles. The van der Waals surface area contributed by atoms with E-state index in [9.17, 15) is 0 Å². The molecule has 1 heterocycles. The van der Waals surface area contributed by atoms with Crippen molar-refractivity contribution in [2.75, 3.05) is 0 Å². The molecule has 2 aliphatic rings. The fourth-order valence-electron chi connectivity index (χ4n) is 1.60. The maximum Gasteiger partial charge on any atom is 0.0850 e. The highest BCUT2D eigenvalue weighted by atomic mass is 32.2. The Balaban J connectivity index is 2.03. The maximum atomic E-state index is 4.69. The average molecular weight is 193 g/mol. The summed E-state index contributed by atoms with van der Waals surface area (Å²) in [5, 5.41) is 1.92. The Morgan fingerprint density at radius 1 is 1.38 bits per heavy atom. The van der Waals surface area contributed by atoms with Crippen LogP contribution in [0.4, 0.5) is 0 Å². The summed E-state index contributed by atoms with van der Waals surface area (Å²) in [5.74, 6) is 0.722. The van der Waals surface area contributed by atoms with E-state index in [1.54, 1.807) is 0 Å². The highest BCUT2D eigenvalue weighted by molar-refractivity contribution is 8.14. The van der Waals surface area contributed by atoms with Crippen LogP contribution >= 0.6 is 11.8 Å². The standard InChI is InChI=1S/C11H15NS/c1-8(2)7-11-12-9-5-3-4-6-10(9)13-11/h3-6,8-10H,7H2,1-2H3. The van der Waals surface area contributed by atoms with Crippen LogP contribution in [0.2, 0.25) is 0 Å². The van der Waals surface area contributed by atoms with Crippen molar-refractivity contribution in [2.45, 2.75) is 31.6 Å². The van der Waals surface area contributed by atoms with E-state index in [0.717, 1.165) is 12.3 Å². The first-order valence-electron chi connectivity index (χ1n) is 4.84. The lowest BCUT2D eigenvalue weighted by Crippen LogP contribution is -2.13. The molecule has 2 rings (SSSR count). The monoisotopic (exact) mass is 193 g/mol. The van der Waals surface area contributed by atoms with Crippen LogP contribution in [-0.2, 0) is 0 Å². The Kier molecular flexibility index (Phi) is 2.58. The van der Waals surface area contributed by atoms with Crippen molar-refractivity contribution in [3.05, 3.63) is 24.3 Å². The zero-order chi connectivity index (χ0) is 9.26. The maximum absolute atomic E-state index is 4.69. The molecule has 70 valence electrons. The number of hydrogen-bond donors (Lipinski definition) is 0. The van der Waals surface area contributed by atoms with Crippen molar-refractivity contribution in [2.24, 2.45) is 10.9 Å². The molecule has 0 saturated heterocycles. The Hall–Kier alpha value is -0.500. The van der Waals surface area contributed by atoms with Crippen LogP contribution in [0.25, 0.3) is 0 Å². The molecule has 0 amide bonds. The van der Waals surface area contributed by atoms with E-state index < -0.39 is 0 Å². The van der Waals surface area contributed by atoms with E-state index in [-0.39, 0.29) is 0 Å². The van der Waals surface area contributed by atoms with Crippen molar-refractivity contribution in [1.82, 2.24) is 0 Å². The van der Waals surface area contributed by atoms with Crippen LogP contribution in [0.15, 0.2) is 29.3 Å². The van der Waals surface area contributed by atoms with Gasteiger partial charge in [0.05, 0.1) is 16.3 Å². The van der Waals surface area contributed by atoms with Gasteiger partial charge in [-0.3, -0.25) is 4.99 Å².